The fourth-order valence-electron chi connectivity index (χ4n) is 1.37. The molecule has 0 aliphatic carbocycles. The van der Waals surface area contributed by atoms with Crippen molar-refractivity contribution in [3.05, 3.63) is 27.1 Å². The predicted octanol–water partition coefficient (Wildman–Crippen LogP) is 4.02. The van der Waals surface area contributed by atoms with Crippen molar-refractivity contribution in [2.75, 3.05) is 7.05 Å². The summed E-state index contributed by atoms with van der Waals surface area (Å²) in [5.74, 6) is 0. The molecule has 1 aromatic carbocycles. The summed E-state index contributed by atoms with van der Waals surface area (Å²) in [5.41, 5.74) is -0.416. The van der Waals surface area contributed by atoms with Gasteiger partial charge in [-0.15, -0.1) is 0 Å². The standard InChI is InChI=1S/C12H17Br2NO2S/c1-5-12(2,3)15(4)18(16,17)11-8-9(13)6-7-10(11)14/h6-8H,5H2,1-4H3. The first-order valence-electron chi connectivity index (χ1n) is 5.57. The van der Waals surface area contributed by atoms with Crippen LogP contribution in [-0.2, 0) is 10.0 Å². The molecule has 102 valence electrons. The van der Waals surface area contributed by atoms with E-state index in [0.717, 1.165) is 10.9 Å². The molecular weight excluding hydrogens is 382 g/mol. The second-order valence-electron chi connectivity index (χ2n) is 4.71. The Morgan fingerprint density at radius 2 is 1.83 bits per heavy atom. The zero-order valence-electron chi connectivity index (χ0n) is 10.9. The second kappa shape index (κ2) is 5.61. The van der Waals surface area contributed by atoms with Crippen LogP contribution in [0.5, 0.6) is 0 Å². The lowest BCUT2D eigenvalue weighted by Gasteiger charge is -2.33. The molecule has 0 saturated heterocycles. The Morgan fingerprint density at radius 3 is 2.33 bits per heavy atom. The van der Waals surface area contributed by atoms with Crippen LogP contribution >= 0.6 is 31.9 Å². The third-order valence-corrected chi connectivity index (χ3v) is 6.81. The van der Waals surface area contributed by atoms with Crippen LogP contribution in [0.25, 0.3) is 0 Å². The molecule has 1 rings (SSSR count). The number of nitrogens with zero attached hydrogens (tertiary/aromatic N) is 1. The molecule has 0 spiro atoms. The third kappa shape index (κ3) is 3.15. The van der Waals surface area contributed by atoms with Crippen LogP contribution in [0.15, 0.2) is 32.0 Å². The van der Waals surface area contributed by atoms with Crippen LogP contribution in [-0.4, -0.2) is 25.3 Å². The van der Waals surface area contributed by atoms with Crippen molar-refractivity contribution in [2.45, 2.75) is 37.6 Å². The summed E-state index contributed by atoms with van der Waals surface area (Å²) in [6, 6.07) is 5.14. The van der Waals surface area contributed by atoms with Gasteiger partial charge in [0.05, 0.1) is 4.90 Å². The van der Waals surface area contributed by atoms with Gasteiger partial charge in [0.15, 0.2) is 0 Å². The van der Waals surface area contributed by atoms with Gasteiger partial charge in [0.2, 0.25) is 10.0 Å². The van der Waals surface area contributed by atoms with Gasteiger partial charge in [0, 0.05) is 21.5 Å². The lowest BCUT2D eigenvalue weighted by molar-refractivity contribution is 0.257. The van der Waals surface area contributed by atoms with E-state index in [1.54, 1.807) is 25.2 Å². The Balaban J connectivity index is 3.34. The Hall–Kier alpha value is 0.0900. The van der Waals surface area contributed by atoms with Gasteiger partial charge >= 0.3 is 0 Å². The molecule has 6 heteroatoms. The fraction of sp³-hybridized carbons (Fsp3) is 0.500. The van der Waals surface area contributed by atoms with Crippen molar-refractivity contribution in [3.63, 3.8) is 0 Å². The maximum Gasteiger partial charge on any atom is 0.244 e. The average molecular weight is 399 g/mol. The molecule has 0 saturated carbocycles. The molecular formula is C12H17Br2NO2S. The molecule has 0 bridgehead atoms. The topological polar surface area (TPSA) is 37.4 Å². The van der Waals surface area contributed by atoms with Crippen LogP contribution in [0.4, 0.5) is 0 Å². The highest BCUT2D eigenvalue weighted by Gasteiger charge is 2.33. The molecule has 0 fully saturated rings. The summed E-state index contributed by atoms with van der Waals surface area (Å²) in [5, 5.41) is 0. The highest BCUT2D eigenvalue weighted by molar-refractivity contribution is 9.11. The van der Waals surface area contributed by atoms with E-state index in [4.69, 9.17) is 0 Å². The minimum atomic E-state index is -3.51. The van der Waals surface area contributed by atoms with E-state index in [1.165, 1.54) is 4.31 Å². The molecule has 0 N–H and O–H groups in total. The third-order valence-electron chi connectivity index (χ3n) is 3.25. The molecule has 0 aliphatic rings. The summed E-state index contributed by atoms with van der Waals surface area (Å²) in [6.45, 7) is 5.80. The summed E-state index contributed by atoms with van der Waals surface area (Å²) in [6.07, 6.45) is 0.744. The summed E-state index contributed by atoms with van der Waals surface area (Å²) in [4.78, 5) is 0.279. The number of sulfonamides is 1. The average Bonchev–Trinajstić information content (AvgIpc) is 2.31. The molecule has 0 heterocycles. The first-order valence-corrected chi connectivity index (χ1v) is 8.59. The van der Waals surface area contributed by atoms with Gasteiger partial charge in [0.25, 0.3) is 0 Å². The highest BCUT2D eigenvalue weighted by Crippen LogP contribution is 2.31. The van der Waals surface area contributed by atoms with Gasteiger partial charge < -0.3 is 0 Å². The van der Waals surface area contributed by atoms with Gasteiger partial charge in [-0.1, -0.05) is 22.9 Å². The Labute approximate surface area is 126 Å². The normalized spacial score (nSPS) is 13.1. The van der Waals surface area contributed by atoms with Gasteiger partial charge in [-0.05, 0) is 54.4 Å². The van der Waals surface area contributed by atoms with Crippen LogP contribution in [0.2, 0.25) is 0 Å². The lowest BCUT2D eigenvalue weighted by atomic mass is 10.0. The van der Waals surface area contributed by atoms with Crippen LogP contribution < -0.4 is 0 Å². The van der Waals surface area contributed by atoms with E-state index in [-0.39, 0.29) is 4.90 Å². The van der Waals surface area contributed by atoms with Crippen LogP contribution in [0.3, 0.4) is 0 Å². The zero-order chi connectivity index (χ0) is 14.1. The maximum absolute atomic E-state index is 12.6. The van der Waals surface area contributed by atoms with Crippen molar-refractivity contribution < 1.29 is 8.42 Å². The molecule has 0 amide bonds. The highest BCUT2D eigenvalue weighted by atomic mass is 79.9. The van der Waals surface area contributed by atoms with Crippen LogP contribution in [0.1, 0.15) is 27.2 Å². The molecule has 18 heavy (non-hydrogen) atoms. The quantitative estimate of drug-likeness (QED) is 0.767. The second-order valence-corrected chi connectivity index (χ2v) is 8.42. The maximum atomic E-state index is 12.6. The predicted molar refractivity (Wildman–Crippen MR) is 81.2 cm³/mol. The first-order chi connectivity index (χ1) is 8.13. The van der Waals surface area contributed by atoms with Crippen LogP contribution in [0, 0.1) is 0 Å². The first kappa shape index (κ1) is 16.1. The molecule has 0 unspecified atom stereocenters. The Morgan fingerprint density at radius 1 is 1.28 bits per heavy atom. The SMILES string of the molecule is CCC(C)(C)N(C)S(=O)(=O)c1cc(Br)ccc1Br. The molecule has 0 radical (unpaired) electrons. The summed E-state index contributed by atoms with van der Waals surface area (Å²) < 4.78 is 27.9. The summed E-state index contributed by atoms with van der Waals surface area (Å²) >= 11 is 6.60. The van der Waals surface area contributed by atoms with E-state index in [1.807, 2.05) is 20.8 Å². The number of rotatable bonds is 4. The Bertz CT molecular complexity index is 541. The van der Waals surface area contributed by atoms with Crippen molar-refractivity contribution in [3.8, 4) is 0 Å². The lowest BCUT2D eigenvalue weighted by Crippen LogP contribution is -2.44. The van der Waals surface area contributed by atoms with E-state index >= 15 is 0 Å². The molecule has 0 aliphatic heterocycles. The zero-order valence-corrected chi connectivity index (χ0v) is 14.9. The van der Waals surface area contributed by atoms with Gasteiger partial charge in [-0.25, -0.2) is 8.42 Å². The minimum absolute atomic E-state index is 0.279. The van der Waals surface area contributed by atoms with E-state index in [0.29, 0.717) is 4.47 Å². The van der Waals surface area contributed by atoms with Gasteiger partial charge in [0.1, 0.15) is 0 Å². The van der Waals surface area contributed by atoms with Gasteiger partial charge in [-0.3, -0.25) is 0 Å². The number of halogens is 2. The molecule has 1 aromatic rings. The van der Waals surface area contributed by atoms with Crippen molar-refractivity contribution >= 4 is 41.9 Å². The van der Waals surface area contributed by atoms with E-state index < -0.39 is 15.6 Å². The van der Waals surface area contributed by atoms with Crippen molar-refractivity contribution in [2.24, 2.45) is 0 Å². The summed E-state index contributed by atoms with van der Waals surface area (Å²) in [7, 11) is -1.89. The molecule has 3 nitrogen and oxygen atoms in total. The minimum Gasteiger partial charge on any atom is -0.207 e. The van der Waals surface area contributed by atoms with Crippen molar-refractivity contribution in [1.29, 1.82) is 0 Å². The number of hydrogen-bond donors (Lipinski definition) is 0. The van der Waals surface area contributed by atoms with Gasteiger partial charge in [-0.2, -0.15) is 4.31 Å². The van der Waals surface area contributed by atoms with E-state index in [2.05, 4.69) is 31.9 Å². The molecule has 0 atom stereocenters. The largest absolute Gasteiger partial charge is 0.244 e. The number of benzene rings is 1. The fourth-order valence-corrected chi connectivity index (χ4v) is 4.41. The number of hydrogen-bond acceptors (Lipinski definition) is 2. The smallest absolute Gasteiger partial charge is 0.207 e. The van der Waals surface area contributed by atoms with Crippen molar-refractivity contribution in [1.82, 2.24) is 4.31 Å². The van der Waals surface area contributed by atoms with E-state index in [9.17, 15) is 8.42 Å². The molecule has 0 aromatic heterocycles. The monoisotopic (exact) mass is 397 g/mol. The Kier molecular flexibility index (Phi) is 5.03.